The van der Waals surface area contributed by atoms with Crippen molar-refractivity contribution in [3.05, 3.63) is 24.0 Å². The number of carbonyl (C=O) groups excluding carboxylic acids is 1. The minimum atomic E-state index is -1.16. The third-order valence-electron chi connectivity index (χ3n) is 3.39. The second kappa shape index (κ2) is 5.26. The molecule has 6 nitrogen and oxygen atoms in total. The van der Waals surface area contributed by atoms with Crippen LogP contribution in [0.1, 0.15) is 0 Å². The second-order valence-corrected chi connectivity index (χ2v) is 4.68. The molecule has 0 saturated carbocycles. The van der Waals surface area contributed by atoms with Crippen molar-refractivity contribution in [3.8, 4) is 0 Å². The van der Waals surface area contributed by atoms with E-state index < -0.39 is 18.2 Å². The monoisotopic (exact) mass is 282 g/mol. The average molecular weight is 282 g/mol. The van der Waals surface area contributed by atoms with E-state index in [1.807, 2.05) is 4.90 Å². The molecule has 0 aromatic heterocycles. The van der Waals surface area contributed by atoms with Gasteiger partial charge in [0.25, 0.3) is 0 Å². The van der Waals surface area contributed by atoms with Crippen molar-refractivity contribution >= 4 is 17.5 Å². The van der Waals surface area contributed by atoms with Crippen LogP contribution in [-0.4, -0.2) is 50.3 Å². The van der Waals surface area contributed by atoms with Gasteiger partial charge in [0.1, 0.15) is 5.82 Å². The van der Waals surface area contributed by atoms with Crippen molar-refractivity contribution in [2.45, 2.75) is 6.29 Å². The smallest absolute Gasteiger partial charge is 0.416 e. The Bertz CT molecular complexity index is 519. The summed E-state index contributed by atoms with van der Waals surface area (Å²) in [7, 11) is 0. The molecule has 1 aromatic rings. The maximum absolute atomic E-state index is 14.2. The fourth-order valence-corrected chi connectivity index (χ4v) is 2.38. The lowest BCUT2D eigenvalue weighted by Crippen LogP contribution is -2.36. The Labute approximate surface area is 115 Å². The number of hydrogen-bond acceptors (Lipinski definition) is 5. The lowest BCUT2D eigenvalue weighted by atomic mass is 10.2. The summed E-state index contributed by atoms with van der Waals surface area (Å²) in [5, 5.41) is 9.26. The molecule has 2 heterocycles. The number of nitrogens with zero attached hydrogens (tertiary/aromatic N) is 2. The van der Waals surface area contributed by atoms with E-state index in [4.69, 9.17) is 4.74 Å². The molecule has 1 atom stereocenters. The summed E-state index contributed by atoms with van der Waals surface area (Å²) in [5.41, 5.74) is 0.867. The third-order valence-corrected chi connectivity index (χ3v) is 3.39. The fourth-order valence-electron chi connectivity index (χ4n) is 2.38. The van der Waals surface area contributed by atoms with Gasteiger partial charge < -0.3 is 19.5 Å². The molecule has 1 N–H and O–H groups in total. The van der Waals surface area contributed by atoms with Gasteiger partial charge in [0.15, 0.2) is 0 Å². The molecule has 108 valence electrons. The predicted octanol–water partition coefficient (Wildman–Crippen LogP) is 0.937. The Morgan fingerprint density at radius 3 is 2.65 bits per heavy atom. The van der Waals surface area contributed by atoms with E-state index in [9.17, 15) is 14.3 Å². The molecule has 0 aliphatic carbocycles. The SMILES string of the molecule is O=C1OC(O)CN1c1ccc(N2CCOCC2)c(F)c1. The van der Waals surface area contributed by atoms with E-state index in [0.29, 0.717) is 37.7 Å². The van der Waals surface area contributed by atoms with E-state index in [-0.39, 0.29) is 6.54 Å². The number of amides is 1. The number of aliphatic hydroxyl groups is 1. The van der Waals surface area contributed by atoms with Gasteiger partial charge in [-0.25, -0.2) is 9.18 Å². The van der Waals surface area contributed by atoms with Crippen LogP contribution < -0.4 is 9.80 Å². The molecule has 1 aromatic carbocycles. The van der Waals surface area contributed by atoms with Gasteiger partial charge in [0.2, 0.25) is 6.29 Å². The quantitative estimate of drug-likeness (QED) is 0.874. The molecule has 3 rings (SSSR count). The molecule has 7 heteroatoms. The average Bonchev–Trinajstić information content (AvgIpc) is 2.78. The van der Waals surface area contributed by atoms with Crippen molar-refractivity contribution in [3.63, 3.8) is 0 Å². The number of rotatable bonds is 2. The van der Waals surface area contributed by atoms with Gasteiger partial charge in [-0.15, -0.1) is 0 Å². The zero-order valence-electron chi connectivity index (χ0n) is 10.8. The van der Waals surface area contributed by atoms with Gasteiger partial charge in [0.05, 0.1) is 31.1 Å². The van der Waals surface area contributed by atoms with Crippen molar-refractivity contribution in [1.29, 1.82) is 0 Å². The Balaban J connectivity index is 1.82. The van der Waals surface area contributed by atoms with Crippen LogP contribution in [0.2, 0.25) is 0 Å². The fraction of sp³-hybridized carbons (Fsp3) is 0.462. The minimum Gasteiger partial charge on any atom is -0.417 e. The van der Waals surface area contributed by atoms with Crippen molar-refractivity contribution in [1.82, 2.24) is 0 Å². The maximum atomic E-state index is 14.2. The number of cyclic esters (lactones) is 1. The van der Waals surface area contributed by atoms with E-state index in [0.717, 1.165) is 0 Å². The van der Waals surface area contributed by atoms with Gasteiger partial charge >= 0.3 is 6.09 Å². The number of β-amino-alcohol motifs (C(OH)–C–C–N with tert-alkyl or cyclic N) is 1. The Hall–Kier alpha value is -1.86. The standard InChI is InChI=1S/C13H15FN2O4/c14-10-7-9(16-8-12(17)20-13(16)18)1-2-11(10)15-3-5-19-6-4-15/h1-2,7,12,17H,3-6,8H2. The first kappa shape index (κ1) is 13.1. The Morgan fingerprint density at radius 2 is 2.05 bits per heavy atom. The topological polar surface area (TPSA) is 62.2 Å². The lowest BCUT2D eigenvalue weighted by Gasteiger charge is -2.29. The van der Waals surface area contributed by atoms with Crippen LogP contribution in [0.4, 0.5) is 20.6 Å². The molecule has 20 heavy (non-hydrogen) atoms. The minimum absolute atomic E-state index is 0.00910. The lowest BCUT2D eigenvalue weighted by molar-refractivity contribution is -0.0148. The first-order chi connectivity index (χ1) is 9.65. The van der Waals surface area contributed by atoms with Gasteiger partial charge in [-0.1, -0.05) is 0 Å². The molecule has 2 aliphatic rings. The molecule has 0 spiro atoms. The molecule has 0 bridgehead atoms. The number of morpholine rings is 1. The Kier molecular flexibility index (Phi) is 3.45. The van der Waals surface area contributed by atoms with Gasteiger partial charge in [-0.2, -0.15) is 0 Å². The molecule has 1 unspecified atom stereocenters. The predicted molar refractivity (Wildman–Crippen MR) is 69.3 cm³/mol. The van der Waals surface area contributed by atoms with Crippen LogP contribution in [0, 0.1) is 5.82 Å². The first-order valence-corrected chi connectivity index (χ1v) is 6.43. The number of ether oxygens (including phenoxy) is 2. The number of hydrogen-bond donors (Lipinski definition) is 1. The highest BCUT2D eigenvalue weighted by Gasteiger charge is 2.31. The van der Waals surface area contributed by atoms with Gasteiger partial charge in [-0.05, 0) is 18.2 Å². The number of anilines is 2. The number of aliphatic hydroxyl groups excluding tert-OH is 1. The molecule has 0 radical (unpaired) electrons. The summed E-state index contributed by atoms with van der Waals surface area (Å²) in [4.78, 5) is 14.6. The zero-order chi connectivity index (χ0) is 14.1. The highest BCUT2D eigenvalue weighted by Crippen LogP contribution is 2.27. The van der Waals surface area contributed by atoms with E-state index in [1.165, 1.54) is 11.0 Å². The first-order valence-electron chi connectivity index (χ1n) is 6.43. The molecule has 1 amide bonds. The second-order valence-electron chi connectivity index (χ2n) is 4.68. The molecular weight excluding hydrogens is 267 g/mol. The normalized spacial score (nSPS) is 23.1. The molecule has 2 saturated heterocycles. The highest BCUT2D eigenvalue weighted by atomic mass is 19.1. The van der Waals surface area contributed by atoms with Gasteiger partial charge in [-0.3, -0.25) is 4.90 Å². The van der Waals surface area contributed by atoms with Crippen LogP contribution in [-0.2, 0) is 9.47 Å². The number of benzene rings is 1. The largest absolute Gasteiger partial charge is 0.417 e. The van der Waals surface area contributed by atoms with E-state index in [1.54, 1.807) is 12.1 Å². The van der Waals surface area contributed by atoms with Crippen LogP contribution in [0.3, 0.4) is 0 Å². The van der Waals surface area contributed by atoms with Gasteiger partial charge in [0, 0.05) is 13.1 Å². The Morgan fingerprint density at radius 1 is 1.30 bits per heavy atom. The van der Waals surface area contributed by atoms with Crippen molar-refractivity contribution < 1.29 is 23.8 Å². The summed E-state index contributed by atoms with van der Waals surface area (Å²) in [5.74, 6) is -0.404. The summed E-state index contributed by atoms with van der Waals surface area (Å²) in [6.45, 7) is 2.44. The summed E-state index contributed by atoms with van der Waals surface area (Å²) in [6, 6.07) is 4.56. The summed E-state index contributed by atoms with van der Waals surface area (Å²) < 4.78 is 24.0. The molecular formula is C13H15FN2O4. The summed E-state index contributed by atoms with van der Waals surface area (Å²) in [6.07, 6.45) is -1.83. The molecule has 2 fully saturated rings. The zero-order valence-corrected chi connectivity index (χ0v) is 10.8. The number of carbonyl (C=O) groups is 1. The van der Waals surface area contributed by atoms with Crippen LogP contribution in [0.15, 0.2) is 18.2 Å². The van der Waals surface area contributed by atoms with Crippen LogP contribution in [0.25, 0.3) is 0 Å². The van der Waals surface area contributed by atoms with E-state index >= 15 is 0 Å². The maximum Gasteiger partial charge on any atom is 0.416 e. The summed E-state index contributed by atoms with van der Waals surface area (Å²) >= 11 is 0. The highest BCUT2D eigenvalue weighted by molar-refractivity contribution is 5.89. The third kappa shape index (κ3) is 2.41. The van der Waals surface area contributed by atoms with Crippen LogP contribution >= 0.6 is 0 Å². The van der Waals surface area contributed by atoms with Crippen molar-refractivity contribution in [2.75, 3.05) is 42.6 Å². The number of halogens is 1. The van der Waals surface area contributed by atoms with Crippen molar-refractivity contribution in [2.24, 2.45) is 0 Å². The van der Waals surface area contributed by atoms with E-state index in [2.05, 4.69) is 4.74 Å². The van der Waals surface area contributed by atoms with Crippen LogP contribution in [0.5, 0.6) is 0 Å². The molecule has 2 aliphatic heterocycles.